The van der Waals surface area contributed by atoms with E-state index in [0.29, 0.717) is 25.3 Å². The van der Waals surface area contributed by atoms with E-state index in [4.69, 9.17) is 4.74 Å². The van der Waals surface area contributed by atoms with Gasteiger partial charge in [-0.1, -0.05) is 6.42 Å². The Hall–Kier alpha value is -1.40. The van der Waals surface area contributed by atoms with Gasteiger partial charge in [-0.3, -0.25) is 4.79 Å². The molecule has 3 rings (SSSR count). The lowest BCUT2D eigenvalue weighted by molar-refractivity contribution is -0.0887. The lowest BCUT2D eigenvalue weighted by Gasteiger charge is -2.31. The van der Waals surface area contributed by atoms with Gasteiger partial charge in [-0.25, -0.2) is 4.98 Å². The lowest BCUT2D eigenvalue weighted by atomic mass is 9.93. The summed E-state index contributed by atoms with van der Waals surface area (Å²) in [6.45, 7) is 2.41. The summed E-state index contributed by atoms with van der Waals surface area (Å²) in [5.74, 6) is 0.919. The molecule has 6 nitrogen and oxygen atoms in total. The number of rotatable bonds is 4. The van der Waals surface area contributed by atoms with Gasteiger partial charge in [-0.2, -0.15) is 0 Å². The van der Waals surface area contributed by atoms with Gasteiger partial charge in [-0.05, 0) is 32.1 Å². The molecule has 0 saturated carbocycles. The van der Waals surface area contributed by atoms with Crippen molar-refractivity contribution in [2.24, 2.45) is 0 Å². The van der Waals surface area contributed by atoms with Gasteiger partial charge < -0.3 is 19.7 Å². The highest BCUT2D eigenvalue weighted by Gasteiger charge is 2.29. The number of hydrogen-bond donors (Lipinski definition) is 2. The fourth-order valence-electron chi connectivity index (χ4n) is 3.31. The average Bonchev–Trinajstić information content (AvgIpc) is 2.77. The highest BCUT2D eigenvalue weighted by atomic mass is 16.5. The topological polar surface area (TPSA) is 76.4 Å². The molecule has 1 saturated heterocycles. The Balaban J connectivity index is 1.55. The van der Waals surface area contributed by atoms with Gasteiger partial charge >= 0.3 is 0 Å². The number of carbonyl (C=O) groups is 1. The van der Waals surface area contributed by atoms with E-state index in [1.807, 2.05) is 4.57 Å². The van der Waals surface area contributed by atoms with E-state index < -0.39 is 5.60 Å². The number of nitrogens with zero attached hydrogens (tertiary/aromatic N) is 2. The highest BCUT2D eigenvalue weighted by Crippen LogP contribution is 2.22. The minimum Gasteiger partial charge on any atom is -0.387 e. The molecule has 1 aromatic rings. The summed E-state index contributed by atoms with van der Waals surface area (Å²) in [6, 6.07) is 0. The first kappa shape index (κ1) is 15.5. The van der Waals surface area contributed by atoms with Crippen LogP contribution in [0.4, 0.5) is 0 Å². The van der Waals surface area contributed by atoms with Crippen LogP contribution in [-0.2, 0) is 17.7 Å². The molecule has 22 heavy (non-hydrogen) atoms. The van der Waals surface area contributed by atoms with E-state index in [1.54, 1.807) is 6.20 Å². The summed E-state index contributed by atoms with van der Waals surface area (Å²) in [6.07, 6.45) is 8.20. The molecule has 1 unspecified atom stereocenters. The number of fused-ring (bicyclic) bond motifs is 1. The smallest absolute Gasteiger partial charge is 0.269 e. The number of aromatic nitrogens is 2. The number of amides is 1. The van der Waals surface area contributed by atoms with Gasteiger partial charge in [0.1, 0.15) is 11.5 Å². The van der Waals surface area contributed by atoms with Gasteiger partial charge in [0, 0.05) is 26.1 Å². The molecule has 1 amide bonds. The summed E-state index contributed by atoms with van der Waals surface area (Å²) >= 11 is 0. The predicted molar refractivity (Wildman–Crippen MR) is 81.7 cm³/mol. The molecule has 0 spiro atoms. The minimum atomic E-state index is -0.792. The van der Waals surface area contributed by atoms with Gasteiger partial charge in [-0.15, -0.1) is 0 Å². The van der Waals surface area contributed by atoms with E-state index >= 15 is 0 Å². The van der Waals surface area contributed by atoms with Crippen LogP contribution >= 0.6 is 0 Å². The molecule has 1 atom stereocenters. The van der Waals surface area contributed by atoms with E-state index in [-0.39, 0.29) is 5.91 Å². The second-order valence-corrected chi connectivity index (χ2v) is 6.41. The Kier molecular flexibility index (Phi) is 4.78. The fourth-order valence-corrected chi connectivity index (χ4v) is 3.31. The fraction of sp³-hybridized carbons (Fsp3) is 0.750. The number of carbonyl (C=O) groups excluding carboxylic acids is 1. The standard InChI is InChI=1S/C16H25N3O3/c20-15(17-8-7-16(21)6-4-10-22-12-16)13-11-18-14-5-2-1-3-9-19(13)14/h11,21H,1-10,12H2,(H,17,20). The third-order valence-electron chi connectivity index (χ3n) is 4.63. The normalized spacial score (nSPS) is 25.3. The quantitative estimate of drug-likeness (QED) is 0.878. The first-order chi connectivity index (χ1) is 10.7. The zero-order valence-electron chi connectivity index (χ0n) is 13.0. The molecule has 2 N–H and O–H groups in total. The van der Waals surface area contributed by atoms with Gasteiger partial charge in [0.2, 0.25) is 0 Å². The summed E-state index contributed by atoms with van der Waals surface area (Å²) in [5, 5.41) is 13.3. The molecule has 0 aliphatic carbocycles. The lowest BCUT2D eigenvalue weighted by Crippen LogP contribution is -2.42. The van der Waals surface area contributed by atoms with Gasteiger partial charge in [0.05, 0.1) is 18.4 Å². The highest BCUT2D eigenvalue weighted by molar-refractivity contribution is 5.92. The number of hydrogen-bond acceptors (Lipinski definition) is 4. The molecule has 6 heteroatoms. The third kappa shape index (κ3) is 3.50. The van der Waals surface area contributed by atoms with Crippen LogP contribution in [0.25, 0.3) is 0 Å². The van der Waals surface area contributed by atoms with Crippen LogP contribution in [0.1, 0.15) is 54.8 Å². The maximum atomic E-state index is 12.4. The largest absolute Gasteiger partial charge is 0.387 e. The van der Waals surface area contributed by atoms with E-state index in [1.165, 1.54) is 6.42 Å². The van der Waals surface area contributed by atoms with Crippen LogP contribution in [0, 0.1) is 0 Å². The second kappa shape index (κ2) is 6.79. The minimum absolute atomic E-state index is 0.0963. The van der Waals surface area contributed by atoms with Gasteiger partial charge in [0.25, 0.3) is 5.91 Å². The van der Waals surface area contributed by atoms with Crippen molar-refractivity contribution in [1.29, 1.82) is 0 Å². The molecular formula is C16H25N3O3. The number of aliphatic hydroxyl groups is 1. The maximum Gasteiger partial charge on any atom is 0.269 e. The summed E-state index contributed by atoms with van der Waals surface area (Å²) in [7, 11) is 0. The third-order valence-corrected chi connectivity index (χ3v) is 4.63. The van der Waals surface area contributed by atoms with Crippen molar-refractivity contribution in [2.75, 3.05) is 19.8 Å². The Morgan fingerprint density at radius 2 is 2.32 bits per heavy atom. The number of ether oxygens (including phenoxy) is 1. The summed E-state index contributed by atoms with van der Waals surface area (Å²) < 4.78 is 7.37. The molecule has 0 bridgehead atoms. The van der Waals surface area contributed by atoms with Crippen LogP contribution in [-0.4, -0.2) is 45.9 Å². The van der Waals surface area contributed by atoms with Crippen LogP contribution in [0.3, 0.4) is 0 Å². The number of nitrogens with one attached hydrogen (secondary N) is 1. The van der Waals surface area contributed by atoms with Crippen molar-refractivity contribution in [3.05, 3.63) is 17.7 Å². The molecule has 1 aromatic heterocycles. The van der Waals surface area contributed by atoms with Crippen LogP contribution in [0.2, 0.25) is 0 Å². The van der Waals surface area contributed by atoms with Crippen molar-refractivity contribution in [2.45, 2.75) is 57.1 Å². The number of aryl methyl sites for hydroxylation is 1. The average molecular weight is 307 g/mol. The summed E-state index contributed by atoms with van der Waals surface area (Å²) in [4.78, 5) is 16.7. The van der Waals surface area contributed by atoms with Crippen LogP contribution in [0.15, 0.2) is 6.20 Å². The Bertz CT molecular complexity index is 521. The van der Waals surface area contributed by atoms with E-state index in [0.717, 1.165) is 51.1 Å². The van der Waals surface area contributed by atoms with Crippen molar-refractivity contribution in [3.63, 3.8) is 0 Å². The Labute approximate surface area is 130 Å². The molecule has 0 radical (unpaired) electrons. The monoisotopic (exact) mass is 307 g/mol. The number of imidazole rings is 1. The van der Waals surface area contributed by atoms with Crippen molar-refractivity contribution >= 4 is 5.91 Å². The zero-order chi connectivity index (χ0) is 15.4. The molecular weight excluding hydrogens is 282 g/mol. The molecule has 3 heterocycles. The van der Waals surface area contributed by atoms with Crippen molar-refractivity contribution in [3.8, 4) is 0 Å². The van der Waals surface area contributed by atoms with E-state index in [9.17, 15) is 9.90 Å². The van der Waals surface area contributed by atoms with Gasteiger partial charge in [0.15, 0.2) is 0 Å². The second-order valence-electron chi connectivity index (χ2n) is 6.41. The van der Waals surface area contributed by atoms with Crippen LogP contribution < -0.4 is 5.32 Å². The maximum absolute atomic E-state index is 12.4. The zero-order valence-corrected chi connectivity index (χ0v) is 13.0. The Morgan fingerprint density at radius 3 is 3.14 bits per heavy atom. The molecule has 122 valence electrons. The summed E-state index contributed by atoms with van der Waals surface area (Å²) in [5.41, 5.74) is -0.149. The first-order valence-corrected chi connectivity index (χ1v) is 8.31. The molecule has 0 aromatic carbocycles. The SMILES string of the molecule is O=C(NCCC1(O)CCCOC1)c1cnc2n1CCCCC2. The first-order valence-electron chi connectivity index (χ1n) is 8.31. The molecule has 1 fully saturated rings. The molecule has 2 aliphatic rings. The van der Waals surface area contributed by atoms with Crippen LogP contribution in [0.5, 0.6) is 0 Å². The van der Waals surface area contributed by atoms with Crippen molar-refractivity contribution in [1.82, 2.24) is 14.9 Å². The predicted octanol–water partition coefficient (Wildman–Crippen LogP) is 1.27. The van der Waals surface area contributed by atoms with Crippen molar-refractivity contribution < 1.29 is 14.6 Å². The Morgan fingerprint density at radius 1 is 1.41 bits per heavy atom. The van der Waals surface area contributed by atoms with E-state index in [2.05, 4.69) is 10.3 Å². The molecule has 2 aliphatic heterocycles.